The molecule has 0 aromatic carbocycles. The van der Waals surface area contributed by atoms with E-state index in [0.717, 1.165) is 25.7 Å². The van der Waals surface area contributed by atoms with Gasteiger partial charge in [-0.15, -0.1) is 0 Å². The summed E-state index contributed by atoms with van der Waals surface area (Å²) in [6.07, 6.45) is 12.8. The molecule has 184 valence electrons. The van der Waals surface area contributed by atoms with Crippen molar-refractivity contribution in [3.63, 3.8) is 0 Å². The minimum absolute atomic E-state index is 0.00740. The summed E-state index contributed by atoms with van der Waals surface area (Å²) >= 11 is 0. The molecule has 0 aromatic rings. The molecule has 0 radical (unpaired) electrons. The first-order valence-corrected chi connectivity index (χ1v) is 14.0. The maximum atomic E-state index is 13.0. The van der Waals surface area contributed by atoms with Gasteiger partial charge in [-0.3, -0.25) is 0 Å². The van der Waals surface area contributed by atoms with Gasteiger partial charge in [0.05, 0.1) is 11.7 Å². The molecule has 5 aliphatic carbocycles. The Balaban J connectivity index is 1.57. The van der Waals surface area contributed by atoms with E-state index in [4.69, 9.17) is 0 Å². The van der Waals surface area contributed by atoms with Crippen molar-refractivity contribution < 1.29 is 10.2 Å². The fourth-order valence-electron chi connectivity index (χ4n) is 11.5. The van der Waals surface area contributed by atoms with Crippen molar-refractivity contribution in [2.24, 2.45) is 50.2 Å². The van der Waals surface area contributed by atoms with Crippen LogP contribution in [0.5, 0.6) is 0 Å². The zero-order chi connectivity index (χ0) is 23.6. The molecule has 2 nitrogen and oxygen atoms in total. The van der Waals surface area contributed by atoms with Crippen molar-refractivity contribution in [2.45, 2.75) is 138 Å². The molecular weight excluding hydrogens is 392 g/mol. The van der Waals surface area contributed by atoms with Gasteiger partial charge in [-0.05, 0) is 110 Å². The number of aliphatic hydroxyl groups is 2. The molecule has 0 spiro atoms. The van der Waals surface area contributed by atoms with Crippen LogP contribution in [0.2, 0.25) is 0 Å². The summed E-state index contributed by atoms with van der Waals surface area (Å²) in [7, 11) is 0. The van der Waals surface area contributed by atoms with E-state index in [1.54, 1.807) is 0 Å². The minimum Gasteiger partial charge on any atom is -0.393 e. The highest BCUT2D eigenvalue weighted by molar-refractivity contribution is 5.23. The van der Waals surface area contributed by atoms with Crippen LogP contribution in [0.1, 0.15) is 126 Å². The fraction of sp³-hybridized carbons (Fsp3) is 1.00. The van der Waals surface area contributed by atoms with Crippen LogP contribution in [0.3, 0.4) is 0 Å². The second-order valence-electron chi connectivity index (χ2n) is 15.8. The smallest absolute Gasteiger partial charge is 0.0760 e. The summed E-state index contributed by atoms with van der Waals surface area (Å²) in [5.74, 6) is 1.76. The van der Waals surface area contributed by atoms with Crippen LogP contribution < -0.4 is 0 Å². The third-order valence-electron chi connectivity index (χ3n) is 13.7. The Kier molecular flexibility index (Phi) is 4.85. The van der Waals surface area contributed by atoms with Gasteiger partial charge in [0, 0.05) is 10.8 Å². The van der Waals surface area contributed by atoms with Crippen LogP contribution in [0.15, 0.2) is 0 Å². The molecule has 2 N–H and O–H groups in total. The van der Waals surface area contributed by atoms with Gasteiger partial charge in [-0.25, -0.2) is 0 Å². The quantitative estimate of drug-likeness (QED) is 0.409. The van der Waals surface area contributed by atoms with Gasteiger partial charge in [0.15, 0.2) is 0 Å². The maximum Gasteiger partial charge on any atom is 0.0760 e. The van der Waals surface area contributed by atoms with E-state index in [2.05, 4.69) is 55.4 Å². The molecule has 0 heterocycles. The lowest BCUT2D eigenvalue weighted by atomic mass is 9.31. The number of rotatable bonds is 0. The van der Waals surface area contributed by atoms with E-state index in [1.165, 1.54) is 44.9 Å². The molecule has 5 aliphatic rings. The van der Waals surface area contributed by atoms with Gasteiger partial charge in [0.25, 0.3) is 0 Å². The molecule has 9 atom stereocenters. The molecule has 0 bridgehead atoms. The molecule has 32 heavy (non-hydrogen) atoms. The van der Waals surface area contributed by atoms with E-state index >= 15 is 0 Å². The molecule has 0 amide bonds. The Labute approximate surface area is 198 Å². The van der Waals surface area contributed by atoms with Crippen LogP contribution in [-0.4, -0.2) is 21.9 Å². The molecule has 5 fully saturated rings. The van der Waals surface area contributed by atoms with Crippen LogP contribution in [0.4, 0.5) is 0 Å². The number of fused-ring (bicyclic) bond motifs is 7. The zero-order valence-electron chi connectivity index (χ0n) is 22.5. The van der Waals surface area contributed by atoms with Crippen molar-refractivity contribution in [2.75, 3.05) is 0 Å². The highest BCUT2D eigenvalue weighted by Crippen LogP contribution is 2.77. The Morgan fingerprint density at radius 2 is 1.16 bits per heavy atom. The van der Waals surface area contributed by atoms with Crippen molar-refractivity contribution in [1.82, 2.24) is 0 Å². The second kappa shape index (κ2) is 6.57. The van der Waals surface area contributed by atoms with Crippen molar-refractivity contribution in [3.8, 4) is 0 Å². The van der Waals surface area contributed by atoms with Crippen molar-refractivity contribution in [1.29, 1.82) is 0 Å². The summed E-state index contributed by atoms with van der Waals surface area (Å²) < 4.78 is 0. The molecule has 0 unspecified atom stereocenters. The van der Waals surface area contributed by atoms with E-state index in [9.17, 15) is 10.2 Å². The summed E-state index contributed by atoms with van der Waals surface area (Å²) in [4.78, 5) is 0. The average Bonchev–Trinajstić information content (AvgIpc) is 2.69. The first kappa shape index (κ1) is 23.7. The predicted molar refractivity (Wildman–Crippen MR) is 132 cm³/mol. The Morgan fingerprint density at radius 3 is 1.81 bits per heavy atom. The van der Waals surface area contributed by atoms with E-state index in [-0.39, 0.29) is 27.8 Å². The molecular formula is C30H52O2. The Bertz CT molecular complexity index is 786. The van der Waals surface area contributed by atoms with Gasteiger partial charge in [0.1, 0.15) is 0 Å². The van der Waals surface area contributed by atoms with E-state index in [0.29, 0.717) is 28.6 Å². The number of hydrogen-bond acceptors (Lipinski definition) is 2. The molecule has 2 heteroatoms. The second-order valence-corrected chi connectivity index (χ2v) is 15.8. The van der Waals surface area contributed by atoms with Crippen LogP contribution in [-0.2, 0) is 0 Å². The summed E-state index contributed by atoms with van der Waals surface area (Å²) in [6, 6.07) is 0. The van der Waals surface area contributed by atoms with Crippen molar-refractivity contribution in [3.05, 3.63) is 0 Å². The predicted octanol–water partition coefficient (Wildman–Crippen LogP) is 7.36. The summed E-state index contributed by atoms with van der Waals surface area (Å²) in [6.45, 7) is 19.7. The normalized spacial score (nSPS) is 58.7. The van der Waals surface area contributed by atoms with Gasteiger partial charge in [-0.1, -0.05) is 55.4 Å². The lowest BCUT2D eigenvalue weighted by Gasteiger charge is -2.75. The molecule has 5 rings (SSSR count). The first-order chi connectivity index (χ1) is 14.6. The lowest BCUT2D eigenvalue weighted by molar-refractivity contribution is -0.318. The first-order valence-electron chi connectivity index (χ1n) is 14.0. The Hall–Kier alpha value is -0.0800. The minimum atomic E-state index is -0.561. The monoisotopic (exact) mass is 444 g/mol. The van der Waals surface area contributed by atoms with Crippen LogP contribution in [0, 0.1) is 50.2 Å². The van der Waals surface area contributed by atoms with Gasteiger partial charge in [-0.2, -0.15) is 0 Å². The lowest BCUT2D eigenvalue weighted by Crippen LogP contribution is -2.74. The third kappa shape index (κ3) is 2.66. The molecule has 0 aromatic heterocycles. The zero-order valence-corrected chi connectivity index (χ0v) is 22.5. The Morgan fingerprint density at radius 1 is 0.594 bits per heavy atom. The molecule has 0 saturated heterocycles. The highest BCUT2D eigenvalue weighted by Gasteiger charge is 2.74. The number of hydrogen-bond donors (Lipinski definition) is 2. The molecule has 5 saturated carbocycles. The van der Waals surface area contributed by atoms with Crippen LogP contribution in [0.25, 0.3) is 0 Å². The SMILES string of the molecule is CC1(C)CC[C@]2(C)CC[C@]3(O)[C@@](C)(CC[C@H]4[C@@]5(C)CC[C@H](O)C(C)(C)[C@@H]5CC[C@]43C)[C@@H]2C1. The van der Waals surface area contributed by atoms with Gasteiger partial charge >= 0.3 is 0 Å². The van der Waals surface area contributed by atoms with Crippen molar-refractivity contribution >= 4 is 0 Å². The third-order valence-corrected chi connectivity index (χ3v) is 13.7. The highest BCUT2D eigenvalue weighted by atomic mass is 16.3. The van der Waals surface area contributed by atoms with Crippen LogP contribution >= 0.6 is 0 Å². The summed E-state index contributed by atoms with van der Waals surface area (Å²) in [5.41, 5.74) is 0.473. The topological polar surface area (TPSA) is 40.5 Å². The van der Waals surface area contributed by atoms with Gasteiger partial charge < -0.3 is 10.2 Å². The standard InChI is InChI=1S/C30H52O2/c1-24(2)15-16-26(5)17-18-30(32)28(7)13-9-20-25(3,4)23(31)11-12-27(20,6)21(28)10-14-29(30,8)22(26)19-24/h20-23,31-32H,9-19H2,1-8H3/t20-,21-,22+,23-,26+,27-,28+,29-,30+/m0/s1. The number of aliphatic hydroxyl groups excluding tert-OH is 1. The van der Waals surface area contributed by atoms with E-state index < -0.39 is 5.60 Å². The largest absolute Gasteiger partial charge is 0.393 e. The maximum absolute atomic E-state index is 13.0. The average molecular weight is 445 g/mol. The fourth-order valence-corrected chi connectivity index (χ4v) is 11.5. The summed E-state index contributed by atoms with van der Waals surface area (Å²) in [5, 5.41) is 23.9. The van der Waals surface area contributed by atoms with Gasteiger partial charge in [0.2, 0.25) is 0 Å². The molecule has 0 aliphatic heterocycles. The van der Waals surface area contributed by atoms with E-state index in [1.807, 2.05) is 0 Å².